The molecule has 5 heteroatoms. The fraction of sp³-hybridized carbons (Fsp3) is 0.636. The Bertz CT molecular complexity index is 694. The summed E-state index contributed by atoms with van der Waals surface area (Å²) >= 11 is 0. The molecule has 0 N–H and O–H groups in total. The predicted molar refractivity (Wildman–Crippen MR) is 108 cm³/mol. The molecule has 144 valence electrons. The first-order chi connectivity index (χ1) is 13.2. The normalized spacial score (nSPS) is 25.8. The van der Waals surface area contributed by atoms with E-state index in [0.717, 1.165) is 51.1 Å². The zero-order valence-corrected chi connectivity index (χ0v) is 16.3. The summed E-state index contributed by atoms with van der Waals surface area (Å²) in [6, 6.07) is 12.0. The van der Waals surface area contributed by atoms with Crippen molar-refractivity contribution >= 4 is 17.3 Å². The summed E-state index contributed by atoms with van der Waals surface area (Å²) in [5, 5.41) is 9.07. The van der Waals surface area contributed by atoms with E-state index in [1.54, 1.807) is 0 Å². The molecule has 3 saturated heterocycles. The highest BCUT2D eigenvalue weighted by Crippen LogP contribution is 2.30. The molecule has 1 amide bonds. The lowest BCUT2D eigenvalue weighted by molar-refractivity contribution is -0.117. The molecule has 4 rings (SSSR count). The summed E-state index contributed by atoms with van der Waals surface area (Å²) in [5.41, 5.74) is 2.30. The maximum absolute atomic E-state index is 12.1. The van der Waals surface area contributed by atoms with E-state index in [9.17, 15) is 4.79 Å². The van der Waals surface area contributed by atoms with Crippen LogP contribution in [0.2, 0.25) is 0 Å². The molecule has 0 aliphatic carbocycles. The van der Waals surface area contributed by atoms with Crippen LogP contribution in [0.15, 0.2) is 24.3 Å². The third kappa shape index (κ3) is 3.82. The van der Waals surface area contributed by atoms with Gasteiger partial charge in [0.05, 0.1) is 6.07 Å². The van der Waals surface area contributed by atoms with Gasteiger partial charge in [0, 0.05) is 48.9 Å². The summed E-state index contributed by atoms with van der Waals surface area (Å²) in [6.45, 7) is 6.46. The van der Waals surface area contributed by atoms with Crippen molar-refractivity contribution in [1.29, 1.82) is 5.26 Å². The van der Waals surface area contributed by atoms with Crippen molar-refractivity contribution in [1.82, 2.24) is 4.90 Å². The molecule has 0 radical (unpaired) electrons. The van der Waals surface area contributed by atoms with Gasteiger partial charge < -0.3 is 14.7 Å². The van der Waals surface area contributed by atoms with Gasteiger partial charge in [-0.3, -0.25) is 4.79 Å². The number of likely N-dealkylation sites (tertiary alicyclic amines) is 1. The van der Waals surface area contributed by atoms with Crippen LogP contribution in [0.4, 0.5) is 11.4 Å². The molecule has 3 aliphatic heterocycles. The molecule has 0 unspecified atom stereocenters. The number of nitriles is 1. The highest BCUT2D eigenvalue weighted by molar-refractivity contribution is 5.96. The van der Waals surface area contributed by atoms with Crippen LogP contribution in [0.5, 0.6) is 0 Å². The Morgan fingerprint density at radius 3 is 2.11 bits per heavy atom. The van der Waals surface area contributed by atoms with Crippen molar-refractivity contribution in [2.75, 3.05) is 36.0 Å². The van der Waals surface area contributed by atoms with Crippen molar-refractivity contribution in [2.45, 2.75) is 57.5 Å². The minimum absolute atomic E-state index is 0.247. The van der Waals surface area contributed by atoms with E-state index in [4.69, 9.17) is 5.26 Å². The summed E-state index contributed by atoms with van der Waals surface area (Å²) in [6.07, 6.45) is 6.08. The fourth-order valence-corrected chi connectivity index (χ4v) is 4.93. The van der Waals surface area contributed by atoms with Crippen LogP contribution in [-0.4, -0.2) is 49.1 Å². The van der Waals surface area contributed by atoms with Gasteiger partial charge in [-0.2, -0.15) is 5.26 Å². The van der Waals surface area contributed by atoms with Crippen molar-refractivity contribution in [3.63, 3.8) is 0 Å². The topological polar surface area (TPSA) is 50.6 Å². The minimum Gasteiger partial charge on any atom is -0.371 e. The molecule has 1 atom stereocenters. The lowest BCUT2D eigenvalue weighted by Gasteiger charge is -2.41. The average Bonchev–Trinajstić information content (AvgIpc) is 3.06. The predicted octanol–water partition coefficient (Wildman–Crippen LogP) is 3.41. The summed E-state index contributed by atoms with van der Waals surface area (Å²) in [5.74, 6) is 0.515. The third-order valence-electron chi connectivity index (χ3n) is 6.67. The quantitative estimate of drug-likeness (QED) is 0.823. The molecule has 3 aliphatic rings. The van der Waals surface area contributed by atoms with Crippen LogP contribution < -0.4 is 9.80 Å². The smallest absolute Gasteiger partial charge is 0.227 e. The van der Waals surface area contributed by atoms with Gasteiger partial charge in [-0.1, -0.05) is 0 Å². The van der Waals surface area contributed by atoms with Crippen LogP contribution in [0.25, 0.3) is 0 Å². The van der Waals surface area contributed by atoms with Gasteiger partial charge >= 0.3 is 0 Å². The summed E-state index contributed by atoms with van der Waals surface area (Å²) in [7, 11) is 0. The first kappa shape index (κ1) is 18.3. The van der Waals surface area contributed by atoms with E-state index in [1.165, 1.54) is 18.5 Å². The molecule has 3 fully saturated rings. The fourth-order valence-electron chi connectivity index (χ4n) is 4.93. The second kappa shape index (κ2) is 7.90. The monoisotopic (exact) mass is 366 g/mol. The largest absolute Gasteiger partial charge is 0.371 e. The van der Waals surface area contributed by atoms with E-state index in [0.29, 0.717) is 18.5 Å². The highest BCUT2D eigenvalue weighted by atomic mass is 16.2. The number of carbonyl (C=O) groups is 1. The molecule has 1 aromatic carbocycles. The zero-order chi connectivity index (χ0) is 18.8. The molecule has 3 heterocycles. The molecular formula is C22H30N4O. The van der Waals surface area contributed by atoms with Gasteiger partial charge in [0.15, 0.2) is 0 Å². The Hall–Kier alpha value is -2.06. The van der Waals surface area contributed by atoms with Gasteiger partial charge in [0.2, 0.25) is 5.91 Å². The van der Waals surface area contributed by atoms with Crippen LogP contribution in [0.3, 0.4) is 0 Å². The lowest BCUT2D eigenvalue weighted by atomic mass is 9.94. The maximum atomic E-state index is 12.1. The molecule has 5 nitrogen and oxygen atoms in total. The summed E-state index contributed by atoms with van der Waals surface area (Å²) < 4.78 is 0. The van der Waals surface area contributed by atoms with E-state index >= 15 is 0 Å². The third-order valence-corrected chi connectivity index (χ3v) is 6.67. The Labute approximate surface area is 162 Å². The second-order valence-electron chi connectivity index (χ2n) is 8.33. The number of benzene rings is 1. The Kier molecular flexibility index (Phi) is 5.36. The number of anilines is 2. The first-order valence-corrected chi connectivity index (χ1v) is 10.5. The van der Waals surface area contributed by atoms with Crippen molar-refractivity contribution in [2.24, 2.45) is 5.92 Å². The van der Waals surface area contributed by atoms with E-state index < -0.39 is 0 Å². The molecule has 27 heavy (non-hydrogen) atoms. The molecule has 1 aromatic rings. The van der Waals surface area contributed by atoms with Crippen molar-refractivity contribution < 1.29 is 4.79 Å². The first-order valence-electron chi connectivity index (χ1n) is 10.5. The minimum atomic E-state index is 0.247. The molecule has 0 spiro atoms. The highest BCUT2D eigenvalue weighted by Gasteiger charge is 2.30. The van der Waals surface area contributed by atoms with E-state index in [2.05, 4.69) is 47.1 Å². The SMILES string of the molecule is C[C@H]1CCC(=O)N1c1ccc(N2CCC(N3CCC(C#N)CC3)CC2)cc1. The number of hydrogen-bond donors (Lipinski definition) is 0. The maximum Gasteiger partial charge on any atom is 0.227 e. The lowest BCUT2D eigenvalue weighted by Crippen LogP contribution is -2.47. The number of amides is 1. The zero-order valence-electron chi connectivity index (χ0n) is 16.3. The van der Waals surface area contributed by atoms with Gasteiger partial charge in [0.1, 0.15) is 0 Å². The molecule has 0 aromatic heterocycles. The van der Waals surface area contributed by atoms with Gasteiger partial charge in [0.25, 0.3) is 0 Å². The Balaban J connectivity index is 1.32. The molecule has 0 bridgehead atoms. The second-order valence-corrected chi connectivity index (χ2v) is 8.33. The van der Waals surface area contributed by atoms with Gasteiger partial charge in [-0.05, 0) is 76.4 Å². The number of rotatable bonds is 3. The van der Waals surface area contributed by atoms with Crippen LogP contribution in [0.1, 0.15) is 45.4 Å². The van der Waals surface area contributed by atoms with Crippen molar-refractivity contribution in [3.05, 3.63) is 24.3 Å². The van der Waals surface area contributed by atoms with E-state index in [-0.39, 0.29) is 11.8 Å². The number of nitrogens with zero attached hydrogens (tertiary/aromatic N) is 4. The average molecular weight is 367 g/mol. The number of hydrogen-bond acceptors (Lipinski definition) is 4. The standard InChI is InChI=1S/C22H30N4O/c1-17-2-7-22(27)26(17)21-5-3-19(4-6-21)25-14-10-20(11-15-25)24-12-8-18(16-23)9-13-24/h3-6,17-18,20H,2,7-15H2,1H3/t17-/m0/s1. The van der Waals surface area contributed by atoms with E-state index in [1.807, 2.05) is 4.90 Å². The van der Waals surface area contributed by atoms with Crippen molar-refractivity contribution in [3.8, 4) is 6.07 Å². The Morgan fingerprint density at radius 1 is 0.926 bits per heavy atom. The molecular weight excluding hydrogens is 336 g/mol. The van der Waals surface area contributed by atoms with Crippen LogP contribution >= 0.6 is 0 Å². The Morgan fingerprint density at radius 2 is 1.56 bits per heavy atom. The summed E-state index contributed by atoms with van der Waals surface area (Å²) in [4.78, 5) is 19.1. The van der Waals surface area contributed by atoms with Gasteiger partial charge in [-0.15, -0.1) is 0 Å². The number of piperidine rings is 2. The molecule has 0 saturated carbocycles. The van der Waals surface area contributed by atoms with Crippen LogP contribution in [-0.2, 0) is 4.79 Å². The van der Waals surface area contributed by atoms with Crippen LogP contribution in [0, 0.1) is 17.2 Å². The van der Waals surface area contributed by atoms with Gasteiger partial charge in [-0.25, -0.2) is 0 Å². The number of carbonyl (C=O) groups excluding carboxylic acids is 1.